The molecule has 0 unspecified atom stereocenters. The molecule has 2 amide bonds. The quantitative estimate of drug-likeness (QED) is 0.907. The predicted molar refractivity (Wildman–Crippen MR) is 77.2 cm³/mol. The Morgan fingerprint density at radius 2 is 1.68 bits per heavy atom. The number of amides is 2. The van der Waals surface area contributed by atoms with E-state index >= 15 is 0 Å². The highest BCUT2D eigenvalue weighted by Gasteiger charge is 2.25. The first-order valence-electron chi connectivity index (χ1n) is 6.41. The SMILES string of the molecule is CCC(C)(C)C(=O)Nc1ccc(C(=O)N(C)C)cc1. The van der Waals surface area contributed by atoms with Crippen LogP contribution in [0.3, 0.4) is 0 Å². The van der Waals surface area contributed by atoms with Gasteiger partial charge in [-0.3, -0.25) is 9.59 Å². The van der Waals surface area contributed by atoms with Gasteiger partial charge in [0.2, 0.25) is 5.91 Å². The maximum atomic E-state index is 12.0. The van der Waals surface area contributed by atoms with Crippen LogP contribution in [0.5, 0.6) is 0 Å². The van der Waals surface area contributed by atoms with Crippen LogP contribution >= 0.6 is 0 Å². The summed E-state index contributed by atoms with van der Waals surface area (Å²) < 4.78 is 0. The minimum absolute atomic E-state index is 0.0123. The van der Waals surface area contributed by atoms with Crippen LogP contribution in [0, 0.1) is 5.41 Å². The van der Waals surface area contributed by atoms with Crippen molar-refractivity contribution in [1.82, 2.24) is 4.90 Å². The van der Waals surface area contributed by atoms with Crippen molar-refractivity contribution in [2.75, 3.05) is 19.4 Å². The van der Waals surface area contributed by atoms with E-state index in [2.05, 4.69) is 5.32 Å². The molecule has 1 N–H and O–H groups in total. The molecule has 0 spiro atoms. The lowest BCUT2D eigenvalue weighted by molar-refractivity contribution is -0.124. The molecular formula is C15H22N2O2. The van der Waals surface area contributed by atoms with Gasteiger partial charge in [0.05, 0.1) is 0 Å². The zero-order chi connectivity index (χ0) is 14.6. The molecule has 104 valence electrons. The molecule has 0 aliphatic rings. The lowest BCUT2D eigenvalue weighted by Crippen LogP contribution is -2.30. The van der Waals surface area contributed by atoms with Gasteiger partial charge >= 0.3 is 0 Å². The number of hydrogen-bond acceptors (Lipinski definition) is 2. The summed E-state index contributed by atoms with van der Waals surface area (Å²) in [5, 5.41) is 2.86. The zero-order valence-electron chi connectivity index (χ0n) is 12.3. The minimum Gasteiger partial charge on any atom is -0.345 e. The summed E-state index contributed by atoms with van der Waals surface area (Å²) in [5.41, 5.74) is 0.928. The Kier molecular flexibility index (Phi) is 4.70. The first-order valence-corrected chi connectivity index (χ1v) is 6.41. The third-order valence-corrected chi connectivity index (χ3v) is 3.29. The Bertz CT molecular complexity index is 462. The van der Waals surface area contributed by atoms with Crippen molar-refractivity contribution in [2.45, 2.75) is 27.2 Å². The Morgan fingerprint density at radius 1 is 1.16 bits per heavy atom. The Hall–Kier alpha value is -1.84. The lowest BCUT2D eigenvalue weighted by atomic mass is 9.89. The molecule has 0 saturated carbocycles. The molecule has 19 heavy (non-hydrogen) atoms. The summed E-state index contributed by atoms with van der Waals surface area (Å²) in [6, 6.07) is 6.94. The predicted octanol–water partition coefficient (Wildman–Crippen LogP) is 2.76. The van der Waals surface area contributed by atoms with Gasteiger partial charge in [-0.1, -0.05) is 20.8 Å². The highest BCUT2D eigenvalue weighted by molar-refractivity contribution is 5.97. The molecule has 0 aromatic heterocycles. The van der Waals surface area contributed by atoms with Gasteiger partial charge in [0, 0.05) is 30.8 Å². The lowest BCUT2D eigenvalue weighted by Gasteiger charge is -2.21. The van der Waals surface area contributed by atoms with Crippen molar-refractivity contribution < 1.29 is 9.59 Å². The van der Waals surface area contributed by atoms with Crippen LogP contribution in [0.2, 0.25) is 0 Å². The highest BCUT2D eigenvalue weighted by Crippen LogP contribution is 2.22. The topological polar surface area (TPSA) is 49.4 Å². The third kappa shape index (κ3) is 3.81. The second-order valence-electron chi connectivity index (χ2n) is 5.47. The van der Waals surface area contributed by atoms with Gasteiger partial charge in [-0.2, -0.15) is 0 Å². The van der Waals surface area contributed by atoms with Crippen molar-refractivity contribution in [3.8, 4) is 0 Å². The van der Waals surface area contributed by atoms with Crippen LogP contribution < -0.4 is 5.32 Å². The second kappa shape index (κ2) is 5.87. The van der Waals surface area contributed by atoms with Crippen molar-refractivity contribution in [1.29, 1.82) is 0 Å². The Labute approximate surface area is 114 Å². The molecule has 0 atom stereocenters. The number of nitrogens with one attached hydrogen (secondary N) is 1. The molecule has 4 heteroatoms. The average Bonchev–Trinajstić information content (AvgIpc) is 2.38. The Balaban J connectivity index is 2.78. The molecule has 1 aromatic carbocycles. The smallest absolute Gasteiger partial charge is 0.253 e. The van der Waals surface area contributed by atoms with Gasteiger partial charge in [0.1, 0.15) is 0 Å². The Morgan fingerprint density at radius 3 is 2.11 bits per heavy atom. The number of carbonyl (C=O) groups excluding carboxylic acids is 2. The van der Waals surface area contributed by atoms with E-state index in [1.165, 1.54) is 4.90 Å². The first-order chi connectivity index (χ1) is 8.77. The first kappa shape index (κ1) is 15.2. The largest absolute Gasteiger partial charge is 0.345 e. The van der Waals surface area contributed by atoms with Gasteiger partial charge in [-0.25, -0.2) is 0 Å². The molecular weight excluding hydrogens is 240 g/mol. The van der Waals surface area contributed by atoms with Crippen LogP contribution in [0.25, 0.3) is 0 Å². The van der Waals surface area contributed by atoms with Gasteiger partial charge in [-0.15, -0.1) is 0 Å². The van der Waals surface area contributed by atoms with E-state index in [4.69, 9.17) is 0 Å². The summed E-state index contributed by atoms with van der Waals surface area (Å²) in [7, 11) is 3.42. The monoisotopic (exact) mass is 262 g/mol. The van der Waals surface area contributed by atoms with Gasteiger partial charge in [-0.05, 0) is 30.7 Å². The van der Waals surface area contributed by atoms with E-state index in [-0.39, 0.29) is 11.8 Å². The maximum absolute atomic E-state index is 12.0. The van der Waals surface area contributed by atoms with Crippen LogP contribution in [0.1, 0.15) is 37.6 Å². The third-order valence-electron chi connectivity index (χ3n) is 3.29. The number of hydrogen-bond donors (Lipinski definition) is 1. The summed E-state index contributed by atoms with van der Waals surface area (Å²) in [4.78, 5) is 25.2. The molecule has 4 nitrogen and oxygen atoms in total. The highest BCUT2D eigenvalue weighted by atomic mass is 16.2. The van der Waals surface area contributed by atoms with Crippen molar-refractivity contribution >= 4 is 17.5 Å². The van der Waals surface area contributed by atoms with Gasteiger partial charge in [0.25, 0.3) is 5.91 Å². The van der Waals surface area contributed by atoms with E-state index in [1.807, 2.05) is 20.8 Å². The number of nitrogens with zero attached hydrogens (tertiary/aromatic N) is 1. The molecule has 0 aliphatic heterocycles. The molecule has 0 saturated heterocycles. The number of benzene rings is 1. The van der Waals surface area contributed by atoms with Crippen molar-refractivity contribution in [3.05, 3.63) is 29.8 Å². The molecule has 0 aliphatic carbocycles. The number of rotatable bonds is 4. The fraction of sp³-hybridized carbons (Fsp3) is 0.467. The summed E-state index contributed by atoms with van der Waals surface area (Å²) in [6.45, 7) is 5.80. The summed E-state index contributed by atoms with van der Waals surface area (Å²) in [6.07, 6.45) is 0.774. The van der Waals surface area contributed by atoms with Gasteiger partial charge in [0.15, 0.2) is 0 Å². The van der Waals surface area contributed by atoms with Gasteiger partial charge < -0.3 is 10.2 Å². The molecule has 0 radical (unpaired) electrons. The van der Waals surface area contributed by atoms with Crippen LogP contribution in [0.15, 0.2) is 24.3 Å². The maximum Gasteiger partial charge on any atom is 0.253 e. The van der Waals surface area contributed by atoms with Crippen LogP contribution in [0.4, 0.5) is 5.69 Å². The summed E-state index contributed by atoms with van der Waals surface area (Å²) in [5.74, 6) is -0.0616. The molecule has 0 fully saturated rings. The van der Waals surface area contributed by atoms with E-state index < -0.39 is 5.41 Å². The molecule has 0 heterocycles. The normalized spacial score (nSPS) is 11.0. The van der Waals surface area contributed by atoms with E-state index in [0.29, 0.717) is 11.3 Å². The number of carbonyl (C=O) groups is 2. The van der Waals surface area contributed by atoms with Crippen LogP contribution in [-0.4, -0.2) is 30.8 Å². The fourth-order valence-electron chi connectivity index (χ4n) is 1.42. The van der Waals surface area contributed by atoms with E-state index in [0.717, 1.165) is 6.42 Å². The van der Waals surface area contributed by atoms with Crippen molar-refractivity contribution in [2.24, 2.45) is 5.41 Å². The standard InChI is InChI=1S/C15H22N2O2/c1-6-15(2,3)14(19)16-12-9-7-11(8-10-12)13(18)17(4)5/h7-10H,6H2,1-5H3,(H,16,19). The van der Waals surface area contributed by atoms with E-state index in [9.17, 15) is 9.59 Å². The summed E-state index contributed by atoms with van der Waals surface area (Å²) >= 11 is 0. The second-order valence-corrected chi connectivity index (χ2v) is 5.47. The molecule has 0 bridgehead atoms. The minimum atomic E-state index is -0.391. The molecule has 1 rings (SSSR count). The van der Waals surface area contributed by atoms with Crippen LogP contribution in [-0.2, 0) is 4.79 Å². The van der Waals surface area contributed by atoms with E-state index in [1.54, 1.807) is 38.4 Å². The molecule has 1 aromatic rings. The van der Waals surface area contributed by atoms with Crippen molar-refractivity contribution in [3.63, 3.8) is 0 Å². The number of anilines is 1. The zero-order valence-corrected chi connectivity index (χ0v) is 12.3. The fourth-order valence-corrected chi connectivity index (χ4v) is 1.42. The average molecular weight is 262 g/mol.